The predicted molar refractivity (Wildman–Crippen MR) is 296 cm³/mol. The van der Waals surface area contributed by atoms with E-state index >= 15 is 0 Å². The van der Waals surface area contributed by atoms with E-state index < -0.39 is 0 Å². The smallest absolute Gasteiger partial charge is 0.0463 e. The summed E-state index contributed by atoms with van der Waals surface area (Å²) in [5.41, 5.74) is 17.6. The molecule has 0 saturated heterocycles. The van der Waals surface area contributed by atoms with Crippen molar-refractivity contribution in [3.05, 3.63) is 303 Å². The lowest BCUT2D eigenvalue weighted by atomic mass is 10.0. The largest absolute Gasteiger partial charge is 0.311 e. The van der Waals surface area contributed by atoms with Crippen LogP contribution >= 0.6 is 0 Å². The van der Waals surface area contributed by atoms with Crippen molar-refractivity contribution in [1.82, 2.24) is 0 Å². The topological polar surface area (TPSA) is 13.0 Å². The zero-order valence-corrected chi connectivity index (χ0v) is 38.7. The number of hydrogen-bond acceptors (Lipinski definition) is 4. The third-order valence-electron chi connectivity index (χ3n) is 12.6. The second-order valence-electron chi connectivity index (χ2n) is 17.1. The lowest BCUT2D eigenvalue weighted by Crippen LogP contribution is -2.13. The summed E-state index contributed by atoms with van der Waals surface area (Å²) in [4.78, 5) is 9.28. The first-order valence-electron chi connectivity index (χ1n) is 23.8. The summed E-state index contributed by atoms with van der Waals surface area (Å²) in [7, 11) is 0. The fourth-order valence-electron chi connectivity index (χ4n) is 9.22. The minimum absolute atomic E-state index is 1.04. The lowest BCUT2D eigenvalue weighted by molar-refractivity contribution is 1.24. The average molecular weight is 899 g/mol. The maximum atomic E-state index is 2.34. The van der Waals surface area contributed by atoms with E-state index in [1.54, 1.807) is 0 Å². The van der Waals surface area contributed by atoms with Gasteiger partial charge in [0.2, 0.25) is 0 Å². The Hall–Kier alpha value is -9.38. The Morgan fingerprint density at radius 3 is 0.429 bits per heavy atom. The van der Waals surface area contributed by atoms with E-state index in [0.29, 0.717) is 0 Å². The van der Waals surface area contributed by atoms with Crippen molar-refractivity contribution in [3.8, 4) is 22.3 Å². The van der Waals surface area contributed by atoms with Gasteiger partial charge in [-0.15, -0.1) is 0 Å². The molecule has 0 atom stereocenters. The Labute approximate surface area is 411 Å². The molecule has 0 aromatic heterocycles. The standard InChI is InChI=1S/C66H50N4/c1-7-19-51(20-8-1)53-31-35-59(36-32-53)69(63-43-39-61(40-44-63)67(55-23-11-3-12-24-55)56-25-13-4-14-26-56)65-47-49-66(50-48-65)70(60-37-33-54(34-38-60)52-21-9-2-10-22-52)64-45-41-62(42-46-64)68(57-27-15-5-16-28-57)58-29-17-6-18-30-58/h1-50H. The Kier molecular flexibility index (Phi) is 12.5. The number of nitrogens with zero attached hydrogens (tertiary/aromatic N) is 4. The second-order valence-corrected chi connectivity index (χ2v) is 17.1. The summed E-state index contributed by atoms with van der Waals surface area (Å²) in [5.74, 6) is 0. The summed E-state index contributed by atoms with van der Waals surface area (Å²) in [5, 5.41) is 0. The SMILES string of the molecule is c1ccc(-c2ccc(N(c3ccc(N(c4ccccc4)c4ccccc4)cc3)c3ccc(N(c4ccc(-c5ccccc5)cc4)c4ccc(N(c5ccccc5)c5ccccc5)cc4)cc3)cc2)cc1. The van der Waals surface area contributed by atoms with Crippen LogP contribution in [0, 0.1) is 0 Å². The molecule has 0 fully saturated rings. The molecule has 4 heteroatoms. The van der Waals surface area contributed by atoms with Crippen molar-refractivity contribution >= 4 is 68.2 Å². The highest BCUT2D eigenvalue weighted by atomic mass is 15.2. The highest BCUT2D eigenvalue weighted by molar-refractivity contribution is 5.86. The Morgan fingerprint density at radius 1 is 0.114 bits per heavy atom. The van der Waals surface area contributed by atoms with Crippen molar-refractivity contribution in [2.24, 2.45) is 0 Å². The van der Waals surface area contributed by atoms with Gasteiger partial charge in [0.25, 0.3) is 0 Å². The van der Waals surface area contributed by atoms with E-state index in [2.05, 4.69) is 323 Å². The zero-order valence-electron chi connectivity index (χ0n) is 38.7. The number of hydrogen-bond donors (Lipinski definition) is 0. The molecule has 0 radical (unpaired) electrons. The molecular weight excluding hydrogens is 849 g/mol. The zero-order chi connectivity index (χ0) is 46.9. The third-order valence-corrected chi connectivity index (χ3v) is 12.6. The van der Waals surface area contributed by atoms with Crippen molar-refractivity contribution < 1.29 is 0 Å². The fourth-order valence-corrected chi connectivity index (χ4v) is 9.22. The molecule has 11 rings (SSSR count). The van der Waals surface area contributed by atoms with Crippen LogP contribution in [0.2, 0.25) is 0 Å². The van der Waals surface area contributed by atoms with Crippen LogP contribution in [-0.4, -0.2) is 0 Å². The van der Waals surface area contributed by atoms with E-state index in [-0.39, 0.29) is 0 Å². The van der Waals surface area contributed by atoms with E-state index in [9.17, 15) is 0 Å². The quantitative estimate of drug-likeness (QED) is 0.108. The Balaban J connectivity index is 0.982. The van der Waals surface area contributed by atoms with Gasteiger partial charge in [-0.05, 0) is 168 Å². The van der Waals surface area contributed by atoms with Gasteiger partial charge in [-0.2, -0.15) is 0 Å². The van der Waals surface area contributed by atoms with Gasteiger partial charge < -0.3 is 19.6 Å². The van der Waals surface area contributed by atoms with Crippen LogP contribution in [-0.2, 0) is 0 Å². The molecule has 11 aromatic carbocycles. The molecule has 0 aliphatic rings. The van der Waals surface area contributed by atoms with Crippen LogP contribution < -0.4 is 19.6 Å². The minimum Gasteiger partial charge on any atom is -0.311 e. The molecule has 0 N–H and O–H groups in total. The number of benzene rings is 11. The van der Waals surface area contributed by atoms with Crippen LogP contribution in [0.4, 0.5) is 68.2 Å². The third kappa shape index (κ3) is 9.31. The van der Waals surface area contributed by atoms with E-state index in [4.69, 9.17) is 0 Å². The normalized spacial score (nSPS) is 10.9. The number of rotatable bonds is 14. The minimum atomic E-state index is 1.04. The van der Waals surface area contributed by atoms with Crippen LogP contribution in [0.5, 0.6) is 0 Å². The van der Waals surface area contributed by atoms with E-state index in [1.807, 2.05) is 0 Å². The molecule has 0 unspecified atom stereocenters. The van der Waals surface area contributed by atoms with E-state index in [1.165, 1.54) is 22.3 Å². The van der Waals surface area contributed by atoms with E-state index in [0.717, 1.165) is 68.2 Å². The molecule has 70 heavy (non-hydrogen) atoms. The molecule has 0 saturated carbocycles. The molecule has 0 heterocycles. The predicted octanol–water partition coefficient (Wildman–Crippen LogP) is 18.9. The van der Waals surface area contributed by atoms with Crippen LogP contribution in [0.1, 0.15) is 0 Å². The Bertz CT molecular complexity index is 3040. The molecule has 11 aromatic rings. The van der Waals surface area contributed by atoms with Gasteiger partial charge in [-0.1, -0.05) is 158 Å². The number of anilines is 12. The molecular formula is C66H50N4. The average Bonchev–Trinajstić information content (AvgIpc) is 3.44. The van der Waals surface area contributed by atoms with Crippen LogP contribution in [0.3, 0.4) is 0 Å². The van der Waals surface area contributed by atoms with Gasteiger partial charge in [0.1, 0.15) is 0 Å². The summed E-state index contributed by atoms with van der Waals surface area (Å²) in [6, 6.07) is 108. The van der Waals surface area contributed by atoms with Crippen molar-refractivity contribution in [3.63, 3.8) is 0 Å². The van der Waals surface area contributed by atoms with Gasteiger partial charge in [0, 0.05) is 68.2 Å². The monoisotopic (exact) mass is 898 g/mol. The van der Waals surface area contributed by atoms with Gasteiger partial charge in [-0.25, -0.2) is 0 Å². The molecule has 4 nitrogen and oxygen atoms in total. The highest BCUT2D eigenvalue weighted by Crippen LogP contribution is 2.43. The molecule has 0 bridgehead atoms. The molecule has 0 amide bonds. The van der Waals surface area contributed by atoms with Crippen molar-refractivity contribution in [1.29, 1.82) is 0 Å². The Morgan fingerprint density at radius 2 is 0.243 bits per heavy atom. The van der Waals surface area contributed by atoms with Gasteiger partial charge in [0.15, 0.2) is 0 Å². The highest BCUT2D eigenvalue weighted by Gasteiger charge is 2.20. The summed E-state index contributed by atoms with van der Waals surface area (Å²) in [6.07, 6.45) is 0. The first-order valence-corrected chi connectivity index (χ1v) is 23.8. The molecule has 334 valence electrons. The summed E-state index contributed by atoms with van der Waals surface area (Å²) < 4.78 is 0. The van der Waals surface area contributed by atoms with Gasteiger partial charge in [-0.3, -0.25) is 0 Å². The van der Waals surface area contributed by atoms with Crippen LogP contribution in [0.15, 0.2) is 303 Å². The maximum absolute atomic E-state index is 2.34. The van der Waals surface area contributed by atoms with Gasteiger partial charge in [0.05, 0.1) is 0 Å². The van der Waals surface area contributed by atoms with Crippen molar-refractivity contribution in [2.75, 3.05) is 19.6 Å². The second kappa shape index (κ2) is 20.2. The van der Waals surface area contributed by atoms with Gasteiger partial charge >= 0.3 is 0 Å². The van der Waals surface area contributed by atoms with Crippen LogP contribution in [0.25, 0.3) is 22.3 Å². The molecule has 0 aliphatic heterocycles. The first-order chi connectivity index (χ1) is 34.7. The lowest BCUT2D eigenvalue weighted by Gasteiger charge is -2.30. The fraction of sp³-hybridized carbons (Fsp3) is 0. The van der Waals surface area contributed by atoms with Crippen molar-refractivity contribution in [2.45, 2.75) is 0 Å². The first kappa shape index (κ1) is 43.2. The maximum Gasteiger partial charge on any atom is 0.0463 e. The summed E-state index contributed by atoms with van der Waals surface area (Å²) >= 11 is 0. The molecule has 0 spiro atoms. The number of para-hydroxylation sites is 4. The molecule has 0 aliphatic carbocycles. The summed E-state index contributed by atoms with van der Waals surface area (Å²) in [6.45, 7) is 0.